The number of carbonyl (C=O) groups is 1. The van der Waals surface area contributed by atoms with Gasteiger partial charge in [0.05, 0.1) is 0 Å². The minimum atomic E-state index is 0.123. The number of anilines is 1. The molecule has 0 aliphatic carbocycles. The summed E-state index contributed by atoms with van der Waals surface area (Å²) in [5, 5.41) is 7.90. The number of hydrogen-bond donors (Lipinski definition) is 2. The molecule has 2 aromatic carbocycles. The van der Waals surface area contributed by atoms with E-state index in [1.54, 1.807) is 0 Å². The van der Waals surface area contributed by atoms with E-state index in [0.717, 1.165) is 48.6 Å². The highest BCUT2D eigenvalue weighted by molar-refractivity contribution is 7.80. The lowest BCUT2D eigenvalue weighted by Crippen LogP contribution is -2.47. The van der Waals surface area contributed by atoms with Crippen LogP contribution in [0.15, 0.2) is 48.5 Å². The van der Waals surface area contributed by atoms with Crippen molar-refractivity contribution in [3.8, 4) is 0 Å². The van der Waals surface area contributed by atoms with Crippen molar-refractivity contribution in [3.05, 3.63) is 64.7 Å². The number of amides is 1. The molecule has 28 heavy (non-hydrogen) atoms. The Balaban J connectivity index is 1.42. The van der Waals surface area contributed by atoms with Crippen LogP contribution in [-0.2, 0) is 11.2 Å². The molecule has 2 aromatic rings. The molecule has 3 rings (SSSR count). The van der Waals surface area contributed by atoms with Crippen LogP contribution in [0, 0.1) is 6.92 Å². The maximum absolute atomic E-state index is 12.2. The Morgan fingerprint density at radius 1 is 1.14 bits per heavy atom. The molecule has 0 aromatic heterocycles. The maximum atomic E-state index is 12.2. The van der Waals surface area contributed by atoms with Crippen LogP contribution in [0.1, 0.15) is 30.4 Å². The standard InChI is InChI=1S/C22H26ClN3OS/c1-16-19(23)8-5-9-20(16)25-22(28)26-14-12-18(13-15-26)24-21(27)11-10-17-6-3-2-4-7-17/h2-9,18H,10-15H2,1H3,(H,24,27)(H,25,28). The van der Waals surface area contributed by atoms with E-state index in [4.69, 9.17) is 23.8 Å². The van der Waals surface area contributed by atoms with Crippen LogP contribution in [0.25, 0.3) is 0 Å². The third kappa shape index (κ3) is 5.69. The zero-order valence-corrected chi connectivity index (χ0v) is 17.7. The highest BCUT2D eigenvalue weighted by atomic mass is 35.5. The Hall–Kier alpha value is -2.11. The molecule has 1 aliphatic rings. The van der Waals surface area contributed by atoms with Crippen molar-refractivity contribution in [2.24, 2.45) is 0 Å². The van der Waals surface area contributed by atoms with Gasteiger partial charge in [0.25, 0.3) is 0 Å². The highest BCUT2D eigenvalue weighted by Gasteiger charge is 2.22. The van der Waals surface area contributed by atoms with Crippen molar-refractivity contribution in [3.63, 3.8) is 0 Å². The van der Waals surface area contributed by atoms with Crippen molar-refractivity contribution in [2.45, 2.75) is 38.6 Å². The summed E-state index contributed by atoms with van der Waals surface area (Å²) in [5.74, 6) is 0.123. The van der Waals surface area contributed by atoms with Gasteiger partial charge in [-0.15, -0.1) is 0 Å². The van der Waals surface area contributed by atoms with Crippen molar-refractivity contribution < 1.29 is 4.79 Å². The lowest BCUT2D eigenvalue weighted by molar-refractivity contribution is -0.122. The summed E-state index contributed by atoms with van der Waals surface area (Å²) < 4.78 is 0. The summed E-state index contributed by atoms with van der Waals surface area (Å²) in [7, 11) is 0. The Morgan fingerprint density at radius 2 is 1.86 bits per heavy atom. The lowest BCUT2D eigenvalue weighted by Gasteiger charge is -2.34. The minimum Gasteiger partial charge on any atom is -0.353 e. The van der Waals surface area contributed by atoms with Gasteiger partial charge in [-0.3, -0.25) is 4.79 Å². The molecule has 148 valence electrons. The molecule has 1 amide bonds. The van der Waals surface area contributed by atoms with Crippen molar-refractivity contribution in [1.29, 1.82) is 0 Å². The number of nitrogens with one attached hydrogen (secondary N) is 2. The average molecular weight is 416 g/mol. The molecule has 0 bridgehead atoms. The monoisotopic (exact) mass is 415 g/mol. The lowest BCUT2D eigenvalue weighted by atomic mass is 10.0. The van der Waals surface area contributed by atoms with Crippen LogP contribution in [0.2, 0.25) is 5.02 Å². The number of likely N-dealkylation sites (tertiary alicyclic amines) is 1. The molecular formula is C22H26ClN3OS. The largest absolute Gasteiger partial charge is 0.353 e. The van der Waals surface area contributed by atoms with E-state index in [1.165, 1.54) is 5.56 Å². The van der Waals surface area contributed by atoms with Crippen molar-refractivity contribution in [1.82, 2.24) is 10.2 Å². The molecular weight excluding hydrogens is 390 g/mol. The summed E-state index contributed by atoms with van der Waals surface area (Å²) in [6, 6.07) is 16.1. The van der Waals surface area contributed by atoms with E-state index in [-0.39, 0.29) is 11.9 Å². The van der Waals surface area contributed by atoms with E-state index in [1.807, 2.05) is 43.3 Å². The maximum Gasteiger partial charge on any atom is 0.220 e. The summed E-state index contributed by atoms with van der Waals surface area (Å²) in [5.41, 5.74) is 3.13. The van der Waals surface area contributed by atoms with Crippen LogP contribution in [0.3, 0.4) is 0 Å². The summed E-state index contributed by atoms with van der Waals surface area (Å²) in [6.07, 6.45) is 3.09. The zero-order chi connectivity index (χ0) is 19.9. The van der Waals surface area contributed by atoms with Gasteiger partial charge in [-0.1, -0.05) is 48.0 Å². The number of halogens is 1. The third-order valence-electron chi connectivity index (χ3n) is 5.14. The van der Waals surface area contributed by atoms with E-state index < -0.39 is 0 Å². The molecule has 2 N–H and O–H groups in total. The van der Waals surface area contributed by atoms with E-state index in [9.17, 15) is 4.79 Å². The number of hydrogen-bond acceptors (Lipinski definition) is 2. The first-order chi connectivity index (χ1) is 13.5. The first kappa shape index (κ1) is 20.6. The first-order valence-corrected chi connectivity index (χ1v) is 10.5. The smallest absolute Gasteiger partial charge is 0.220 e. The minimum absolute atomic E-state index is 0.123. The second-order valence-electron chi connectivity index (χ2n) is 7.16. The molecule has 0 atom stereocenters. The van der Waals surface area contributed by atoms with Gasteiger partial charge < -0.3 is 15.5 Å². The average Bonchev–Trinajstić information content (AvgIpc) is 2.71. The van der Waals surface area contributed by atoms with Gasteiger partial charge in [-0.25, -0.2) is 0 Å². The third-order valence-corrected chi connectivity index (χ3v) is 5.91. The zero-order valence-electron chi connectivity index (χ0n) is 16.1. The summed E-state index contributed by atoms with van der Waals surface area (Å²) in [6.45, 7) is 3.63. The number of aryl methyl sites for hydroxylation is 1. The summed E-state index contributed by atoms with van der Waals surface area (Å²) in [4.78, 5) is 14.4. The quantitative estimate of drug-likeness (QED) is 0.702. The Morgan fingerprint density at radius 3 is 2.57 bits per heavy atom. The first-order valence-electron chi connectivity index (χ1n) is 9.67. The number of carbonyl (C=O) groups excluding carboxylic acids is 1. The van der Waals surface area contributed by atoms with Crippen LogP contribution in [-0.4, -0.2) is 35.1 Å². The molecule has 6 heteroatoms. The predicted molar refractivity (Wildman–Crippen MR) is 120 cm³/mol. The van der Waals surface area contributed by atoms with Gasteiger partial charge in [0.15, 0.2) is 5.11 Å². The Kier molecular flexibility index (Phi) is 7.29. The molecule has 1 fully saturated rings. The molecule has 1 heterocycles. The molecule has 0 spiro atoms. The van der Waals surface area contributed by atoms with Gasteiger partial charge in [0.1, 0.15) is 0 Å². The Bertz CT molecular complexity index is 820. The molecule has 1 aliphatic heterocycles. The predicted octanol–water partition coefficient (Wildman–Crippen LogP) is 4.56. The van der Waals surface area contributed by atoms with Gasteiger partial charge in [-0.05, 0) is 61.7 Å². The summed E-state index contributed by atoms with van der Waals surface area (Å²) >= 11 is 11.7. The van der Waals surface area contributed by atoms with Crippen LogP contribution < -0.4 is 10.6 Å². The number of nitrogens with zero attached hydrogens (tertiary/aromatic N) is 1. The molecule has 4 nitrogen and oxygen atoms in total. The fourth-order valence-corrected chi connectivity index (χ4v) is 3.83. The van der Waals surface area contributed by atoms with Gasteiger partial charge >= 0.3 is 0 Å². The second-order valence-corrected chi connectivity index (χ2v) is 7.95. The molecule has 0 radical (unpaired) electrons. The van der Waals surface area contributed by atoms with Crippen LogP contribution in [0.4, 0.5) is 5.69 Å². The molecule has 0 saturated carbocycles. The van der Waals surface area contributed by atoms with Crippen LogP contribution in [0.5, 0.6) is 0 Å². The normalized spacial score (nSPS) is 14.6. The number of rotatable bonds is 5. The van der Waals surface area contributed by atoms with Crippen molar-refractivity contribution in [2.75, 3.05) is 18.4 Å². The van der Waals surface area contributed by atoms with E-state index in [0.29, 0.717) is 11.5 Å². The topological polar surface area (TPSA) is 44.4 Å². The fourth-order valence-electron chi connectivity index (χ4n) is 3.37. The highest BCUT2D eigenvalue weighted by Crippen LogP contribution is 2.23. The van der Waals surface area contributed by atoms with Crippen LogP contribution >= 0.6 is 23.8 Å². The molecule has 1 saturated heterocycles. The Labute approximate surface area is 177 Å². The van der Waals surface area contributed by atoms with Crippen molar-refractivity contribution >= 4 is 40.5 Å². The van der Waals surface area contributed by atoms with Gasteiger partial charge in [0, 0.05) is 36.3 Å². The number of benzene rings is 2. The molecule has 0 unspecified atom stereocenters. The van der Waals surface area contributed by atoms with E-state index in [2.05, 4.69) is 27.7 Å². The second kappa shape index (κ2) is 9.89. The SMILES string of the molecule is Cc1c(Cl)cccc1NC(=S)N1CCC(NC(=O)CCc2ccccc2)CC1. The fraction of sp³-hybridized carbons (Fsp3) is 0.364. The van der Waals surface area contributed by atoms with Gasteiger partial charge in [-0.2, -0.15) is 0 Å². The number of thiocarbonyl (C=S) groups is 1. The number of piperidine rings is 1. The van der Waals surface area contributed by atoms with Gasteiger partial charge in [0.2, 0.25) is 5.91 Å². The van der Waals surface area contributed by atoms with E-state index >= 15 is 0 Å².